The minimum atomic E-state index is 0.253. The zero-order valence-electron chi connectivity index (χ0n) is 12.8. The second-order valence-corrected chi connectivity index (χ2v) is 6.79. The molecule has 0 N–H and O–H groups in total. The average molecular weight is 298 g/mol. The standard InChI is InChI=1S/C18H22N2O2/c21-11-13-3-6-16(7-4-13)20-10-15-5-8-17(9-18(15)19-20)22-12-14-1-2-14/h5,8-11,13-14,16H,1-4,6-7,12H2. The van der Waals surface area contributed by atoms with Gasteiger partial charge in [0.05, 0.1) is 18.2 Å². The predicted molar refractivity (Wildman–Crippen MR) is 85.0 cm³/mol. The molecule has 0 atom stereocenters. The summed E-state index contributed by atoms with van der Waals surface area (Å²) in [5.74, 6) is 1.94. The SMILES string of the molecule is O=CC1CCC(n2cc3ccc(OCC4CC4)cc3n2)CC1. The smallest absolute Gasteiger partial charge is 0.123 e. The summed E-state index contributed by atoms with van der Waals surface area (Å²) < 4.78 is 7.93. The van der Waals surface area contributed by atoms with Gasteiger partial charge in [0.1, 0.15) is 12.0 Å². The summed E-state index contributed by atoms with van der Waals surface area (Å²) in [7, 11) is 0. The Morgan fingerprint density at radius 3 is 2.73 bits per heavy atom. The van der Waals surface area contributed by atoms with Gasteiger partial charge in [-0.15, -0.1) is 0 Å². The van der Waals surface area contributed by atoms with Crippen LogP contribution in [0.15, 0.2) is 24.4 Å². The highest BCUT2D eigenvalue weighted by atomic mass is 16.5. The molecule has 4 nitrogen and oxygen atoms in total. The summed E-state index contributed by atoms with van der Waals surface area (Å²) in [6.45, 7) is 0.835. The molecule has 116 valence electrons. The first-order valence-electron chi connectivity index (χ1n) is 8.39. The normalized spacial score (nSPS) is 25.3. The molecule has 2 saturated carbocycles. The van der Waals surface area contributed by atoms with E-state index in [9.17, 15) is 4.79 Å². The Balaban J connectivity index is 1.48. The number of ether oxygens (including phenoxy) is 1. The Hall–Kier alpha value is -1.84. The van der Waals surface area contributed by atoms with E-state index >= 15 is 0 Å². The Morgan fingerprint density at radius 1 is 1.18 bits per heavy atom. The first-order valence-corrected chi connectivity index (χ1v) is 8.39. The molecular weight excluding hydrogens is 276 g/mol. The molecule has 0 saturated heterocycles. The lowest BCUT2D eigenvalue weighted by atomic mass is 9.87. The first-order chi connectivity index (χ1) is 10.8. The lowest BCUT2D eigenvalue weighted by Crippen LogP contribution is -2.19. The van der Waals surface area contributed by atoms with Crippen LogP contribution >= 0.6 is 0 Å². The van der Waals surface area contributed by atoms with Crippen molar-refractivity contribution in [3.63, 3.8) is 0 Å². The van der Waals surface area contributed by atoms with E-state index in [1.54, 1.807) is 0 Å². The van der Waals surface area contributed by atoms with E-state index in [0.29, 0.717) is 6.04 Å². The fraction of sp³-hybridized carbons (Fsp3) is 0.556. The van der Waals surface area contributed by atoms with E-state index in [4.69, 9.17) is 9.84 Å². The number of aldehydes is 1. The van der Waals surface area contributed by atoms with E-state index < -0.39 is 0 Å². The molecule has 0 amide bonds. The van der Waals surface area contributed by atoms with Crippen LogP contribution in [0.2, 0.25) is 0 Å². The molecule has 2 fully saturated rings. The van der Waals surface area contributed by atoms with Gasteiger partial charge in [0.2, 0.25) is 0 Å². The van der Waals surface area contributed by atoms with Crippen LogP contribution in [-0.4, -0.2) is 22.7 Å². The molecule has 0 spiro atoms. The van der Waals surface area contributed by atoms with E-state index in [1.165, 1.54) is 12.8 Å². The van der Waals surface area contributed by atoms with Crippen LogP contribution in [0.5, 0.6) is 5.75 Å². The van der Waals surface area contributed by atoms with Crippen molar-refractivity contribution in [3.05, 3.63) is 24.4 Å². The van der Waals surface area contributed by atoms with Gasteiger partial charge in [0, 0.05) is 23.6 Å². The third-order valence-corrected chi connectivity index (χ3v) is 4.99. The summed E-state index contributed by atoms with van der Waals surface area (Å²) >= 11 is 0. The maximum absolute atomic E-state index is 10.9. The van der Waals surface area contributed by atoms with E-state index in [-0.39, 0.29) is 5.92 Å². The van der Waals surface area contributed by atoms with Gasteiger partial charge < -0.3 is 9.53 Å². The number of aromatic nitrogens is 2. The lowest BCUT2D eigenvalue weighted by molar-refractivity contribution is -0.112. The summed E-state index contributed by atoms with van der Waals surface area (Å²) in [4.78, 5) is 10.9. The molecule has 1 aromatic heterocycles. The summed E-state index contributed by atoms with van der Waals surface area (Å²) in [6, 6.07) is 6.61. The molecule has 4 rings (SSSR count). The zero-order valence-corrected chi connectivity index (χ0v) is 12.8. The van der Waals surface area contributed by atoms with E-state index in [2.05, 4.69) is 16.9 Å². The molecule has 0 bridgehead atoms. The molecule has 0 radical (unpaired) electrons. The van der Waals surface area contributed by atoms with Crippen LogP contribution in [0.4, 0.5) is 0 Å². The summed E-state index contributed by atoms with van der Waals surface area (Å²) in [5, 5.41) is 5.90. The topological polar surface area (TPSA) is 44.1 Å². The van der Waals surface area contributed by atoms with Crippen molar-refractivity contribution < 1.29 is 9.53 Å². The third-order valence-electron chi connectivity index (χ3n) is 4.99. The van der Waals surface area contributed by atoms with Crippen molar-refractivity contribution in [3.8, 4) is 5.75 Å². The minimum Gasteiger partial charge on any atom is -0.493 e. The van der Waals surface area contributed by atoms with Crippen LogP contribution in [0.1, 0.15) is 44.6 Å². The van der Waals surface area contributed by atoms with Gasteiger partial charge in [-0.3, -0.25) is 4.68 Å². The van der Waals surface area contributed by atoms with Crippen molar-refractivity contribution in [1.29, 1.82) is 0 Å². The average Bonchev–Trinajstić information content (AvgIpc) is 3.30. The fourth-order valence-corrected chi connectivity index (χ4v) is 3.29. The van der Waals surface area contributed by atoms with Crippen molar-refractivity contribution in [2.45, 2.75) is 44.6 Å². The van der Waals surface area contributed by atoms with E-state index in [0.717, 1.165) is 61.1 Å². The zero-order chi connectivity index (χ0) is 14.9. The number of rotatable bonds is 5. The summed E-state index contributed by atoms with van der Waals surface area (Å²) in [6.07, 6.45) is 9.91. The van der Waals surface area contributed by atoms with Gasteiger partial charge in [0.25, 0.3) is 0 Å². The number of benzene rings is 1. The van der Waals surface area contributed by atoms with Crippen molar-refractivity contribution >= 4 is 17.2 Å². The minimum absolute atomic E-state index is 0.253. The molecule has 0 unspecified atom stereocenters. The molecule has 2 aromatic rings. The van der Waals surface area contributed by atoms with Crippen LogP contribution in [0, 0.1) is 11.8 Å². The van der Waals surface area contributed by atoms with Gasteiger partial charge in [-0.1, -0.05) is 0 Å². The van der Waals surface area contributed by atoms with Crippen LogP contribution < -0.4 is 4.74 Å². The Labute approximate surface area is 130 Å². The molecule has 2 aliphatic carbocycles. The predicted octanol–water partition coefficient (Wildman–Crippen LogP) is 3.76. The maximum Gasteiger partial charge on any atom is 0.123 e. The van der Waals surface area contributed by atoms with Gasteiger partial charge >= 0.3 is 0 Å². The third kappa shape index (κ3) is 2.87. The van der Waals surface area contributed by atoms with Gasteiger partial charge in [-0.05, 0) is 56.6 Å². The Morgan fingerprint density at radius 2 is 2.00 bits per heavy atom. The molecular formula is C18H22N2O2. The fourth-order valence-electron chi connectivity index (χ4n) is 3.29. The molecule has 1 aromatic carbocycles. The quantitative estimate of drug-likeness (QED) is 0.790. The molecule has 4 heteroatoms. The van der Waals surface area contributed by atoms with Crippen molar-refractivity contribution in [2.24, 2.45) is 11.8 Å². The first kappa shape index (κ1) is 13.8. The molecule has 22 heavy (non-hydrogen) atoms. The van der Waals surface area contributed by atoms with E-state index in [1.807, 2.05) is 12.1 Å². The summed E-state index contributed by atoms with van der Waals surface area (Å²) in [5.41, 5.74) is 1.01. The number of nitrogens with zero attached hydrogens (tertiary/aromatic N) is 2. The monoisotopic (exact) mass is 298 g/mol. The second kappa shape index (κ2) is 5.75. The number of carbonyl (C=O) groups excluding carboxylic acids is 1. The van der Waals surface area contributed by atoms with Crippen LogP contribution in [-0.2, 0) is 4.79 Å². The lowest BCUT2D eigenvalue weighted by Gasteiger charge is -2.25. The number of fused-ring (bicyclic) bond motifs is 1. The largest absolute Gasteiger partial charge is 0.493 e. The molecule has 2 aliphatic rings. The Kier molecular flexibility index (Phi) is 3.60. The highest BCUT2D eigenvalue weighted by Gasteiger charge is 2.23. The van der Waals surface area contributed by atoms with Gasteiger partial charge in [-0.25, -0.2) is 0 Å². The van der Waals surface area contributed by atoms with Crippen LogP contribution in [0.3, 0.4) is 0 Å². The van der Waals surface area contributed by atoms with Crippen LogP contribution in [0.25, 0.3) is 10.9 Å². The maximum atomic E-state index is 10.9. The highest BCUT2D eigenvalue weighted by Crippen LogP contribution is 2.33. The van der Waals surface area contributed by atoms with Crippen molar-refractivity contribution in [1.82, 2.24) is 9.78 Å². The Bertz CT molecular complexity index is 667. The van der Waals surface area contributed by atoms with Gasteiger partial charge in [0.15, 0.2) is 0 Å². The number of hydrogen-bond acceptors (Lipinski definition) is 3. The number of hydrogen-bond donors (Lipinski definition) is 0. The second-order valence-electron chi connectivity index (χ2n) is 6.79. The highest BCUT2D eigenvalue weighted by molar-refractivity contribution is 5.79. The molecule has 0 aliphatic heterocycles. The van der Waals surface area contributed by atoms with Crippen molar-refractivity contribution in [2.75, 3.05) is 6.61 Å². The number of carbonyl (C=O) groups is 1. The molecule has 1 heterocycles. The van der Waals surface area contributed by atoms with Gasteiger partial charge in [-0.2, -0.15) is 5.10 Å².